The summed E-state index contributed by atoms with van der Waals surface area (Å²) in [6.45, 7) is 4.28. The van der Waals surface area contributed by atoms with E-state index in [0.29, 0.717) is 13.0 Å². The number of hydrogen-bond acceptors (Lipinski definition) is 3. The number of aromatic nitrogens is 1. The highest BCUT2D eigenvalue weighted by molar-refractivity contribution is 5.87. The molecule has 1 aromatic heterocycles. The molecule has 6 nitrogen and oxygen atoms in total. The summed E-state index contributed by atoms with van der Waals surface area (Å²) in [5.74, 6) is -1.20. The minimum atomic E-state index is -1.05. The molecule has 19 heavy (non-hydrogen) atoms. The molecule has 1 amide bonds. The fraction of sp³-hybridized carbons (Fsp3) is 0.538. The van der Waals surface area contributed by atoms with Crippen LogP contribution in [0, 0.1) is 0 Å². The quantitative estimate of drug-likeness (QED) is 0.766. The summed E-state index contributed by atoms with van der Waals surface area (Å²) >= 11 is 0. The second-order valence-electron chi connectivity index (χ2n) is 4.58. The normalized spacial score (nSPS) is 10.7. The van der Waals surface area contributed by atoms with Crippen molar-refractivity contribution in [1.82, 2.24) is 9.47 Å². The monoisotopic (exact) mass is 268 g/mol. The number of aliphatic hydroxyl groups is 1. The lowest BCUT2D eigenvalue weighted by Crippen LogP contribution is -2.40. The van der Waals surface area contributed by atoms with Gasteiger partial charge in [-0.2, -0.15) is 0 Å². The highest BCUT2D eigenvalue weighted by Crippen LogP contribution is 2.06. The molecule has 0 aliphatic carbocycles. The van der Waals surface area contributed by atoms with Crippen molar-refractivity contribution < 1.29 is 19.8 Å². The molecule has 1 heterocycles. The van der Waals surface area contributed by atoms with E-state index in [-0.39, 0.29) is 30.8 Å². The van der Waals surface area contributed by atoms with E-state index in [9.17, 15) is 9.59 Å². The molecule has 0 aliphatic rings. The zero-order valence-electron chi connectivity index (χ0n) is 11.2. The number of hydrogen-bond donors (Lipinski definition) is 2. The van der Waals surface area contributed by atoms with E-state index < -0.39 is 5.97 Å². The molecule has 0 spiro atoms. The smallest absolute Gasteiger partial charge is 0.352 e. The number of carboxylic acid groups (broad SMARTS) is 1. The summed E-state index contributed by atoms with van der Waals surface area (Å²) in [5, 5.41) is 17.8. The van der Waals surface area contributed by atoms with Crippen LogP contribution in [-0.4, -0.2) is 50.8 Å². The summed E-state index contributed by atoms with van der Waals surface area (Å²) in [4.78, 5) is 24.8. The van der Waals surface area contributed by atoms with Gasteiger partial charge in [0.25, 0.3) is 0 Å². The summed E-state index contributed by atoms with van der Waals surface area (Å²) in [6.07, 6.45) is 2.09. The topological polar surface area (TPSA) is 82.8 Å². The predicted molar refractivity (Wildman–Crippen MR) is 69.9 cm³/mol. The lowest BCUT2D eigenvalue weighted by Gasteiger charge is -2.27. The van der Waals surface area contributed by atoms with Gasteiger partial charge in [-0.25, -0.2) is 4.79 Å². The molecule has 0 aromatic carbocycles. The van der Waals surface area contributed by atoms with Crippen molar-refractivity contribution in [2.45, 2.75) is 32.9 Å². The highest BCUT2D eigenvalue weighted by atomic mass is 16.4. The number of carbonyl (C=O) groups excluding carboxylic acids is 1. The van der Waals surface area contributed by atoms with Crippen molar-refractivity contribution in [2.75, 3.05) is 13.2 Å². The lowest BCUT2D eigenvalue weighted by molar-refractivity contribution is -0.133. The standard InChI is InChI=1S/C13H20N2O4/c1-10(2)15(7-4-8-16)12(17)9-14-6-3-5-11(14)13(18)19/h3,5-6,10,16H,4,7-9H2,1-2H3,(H,18,19). The number of amides is 1. The highest BCUT2D eigenvalue weighted by Gasteiger charge is 2.18. The Labute approximate surface area is 112 Å². The average molecular weight is 268 g/mol. The minimum Gasteiger partial charge on any atom is -0.477 e. The molecule has 0 fully saturated rings. The van der Waals surface area contributed by atoms with Crippen LogP contribution in [-0.2, 0) is 11.3 Å². The third-order valence-corrected chi connectivity index (χ3v) is 2.86. The number of aromatic carboxylic acids is 1. The number of carboxylic acids is 1. The Bertz CT molecular complexity index is 440. The van der Waals surface area contributed by atoms with Gasteiger partial charge in [0, 0.05) is 25.4 Å². The minimum absolute atomic E-state index is 0.00174. The zero-order valence-corrected chi connectivity index (χ0v) is 11.2. The van der Waals surface area contributed by atoms with E-state index in [1.54, 1.807) is 17.2 Å². The maximum absolute atomic E-state index is 12.2. The Balaban J connectivity index is 2.75. The van der Waals surface area contributed by atoms with Crippen LogP contribution in [0.25, 0.3) is 0 Å². The Morgan fingerprint density at radius 1 is 1.42 bits per heavy atom. The van der Waals surface area contributed by atoms with Gasteiger partial charge in [0.1, 0.15) is 12.2 Å². The van der Waals surface area contributed by atoms with E-state index in [0.717, 1.165) is 0 Å². The molecule has 6 heteroatoms. The summed E-state index contributed by atoms with van der Waals surface area (Å²) in [5.41, 5.74) is 0.0965. The molecule has 0 saturated heterocycles. The summed E-state index contributed by atoms with van der Waals surface area (Å²) < 4.78 is 1.42. The van der Waals surface area contributed by atoms with Crippen molar-refractivity contribution >= 4 is 11.9 Å². The average Bonchev–Trinajstić information content (AvgIpc) is 2.77. The van der Waals surface area contributed by atoms with Crippen LogP contribution in [0.5, 0.6) is 0 Å². The summed E-state index contributed by atoms with van der Waals surface area (Å²) in [7, 11) is 0. The van der Waals surface area contributed by atoms with Gasteiger partial charge in [0.2, 0.25) is 5.91 Å². The number of rotatable bonds is 7. The molecule has 1 rings (SSSR count). The second-order valence-corrected chi connectivity index (χ2v) is 4.58. The number of nitrogens with zero attached hydrogens (tertiary/aromatic N) is 2. The first kappa shape index (κ1) is 15.2. The van der Waals surface area contributed by atoms with Crippen molar-refractivity contribution in [3.05, 3.63) is 24.0 Å². The first-order valence-corrected chi connectivity index (χ1v) is 6.26. The van der Waals surface area contributed by atoms with Gasteiger partial charge >= 0.3 is 5.97 Å². The van der Waals surface area contributed by atoms with E-state index >= 15 is 0 Å². The molecule has 0 bridgehead atoms. The largest absolute Gasteiger partial charge is 0.477 e. The Kier molecular flexibility index (Phi) is 5.57. The van der Waals surface area contributed by atoms with E-state index in [4.69, 9.17) is 10.2 Å². The number of carbonyl (C=O) groups is 2. The van der Waals surface area contributed by atoms with Gasteiger partial charge in [-0.3, -0.25) is 4.79 Å². The molecule has 0 atom stereocenters. The number of aliphatic hydroxyl groups excluding tert-OH is 1. The van der Waals surface area contributed by atoms with E-state index in [1.807, 2.05) is 13.8 Å². The van der Waals surface area contributed by atoms with Gasteiger partial charge in [-0.15, -0.1) is 0 Å². The zero-order chi connectivity index (χ0) is 14.4. The molecule has 0 saturated carbocycles. The van der Waals surface area contributed by atoms with Gasteiger partial charge in [-0.05, 0) is 32.4 Å². The van der Waals surface area contributed by atoms with E-state index in [2.05, 4.69) is 0 Å². The molecular formula is C13H20N2O4. The van der Waals surface area contributed by atoms with Crippen LogP contribution in [0.15, 0.2) is 18.3 Å². The molecule has 0 unspecified atom stereocenters. The van der Waals surface area contributed by atoms with Crippen molar-refractivity contribution in [3.63, 3.8) is 0 Å². The molecule has 0 radical (unpaired) electrons. The molecule has 2 N–H and O–H groups in total. The van der Waals surface area contributed by atoms with Gasteiger partial charge < -0.3 is 19.7 Å². The van der Waals surface area contributed by atoms with Crippen molar-refractivity contribution in [1.29, 1.82) is 0 Å². The third kappa shape index (κ3) is 4.10. The first-order chi connectivity index (χ1) is 8.97. The molecular weight excluding hydrogens is 248 g/mol. The Morgan fingerprint density at radius 3 is 2.63 bits per heavy atom. The molecule has 0 aliphatic heterocycles. The van der Waals surface area contributed by atoms with Crippen LogP contribution >= 0.6 is 0 Å². The molecule has 1 aromatic rings. The summed E-state index contributed by atoms with van der Waals surface area (Å²) in [6, 6.07) is 3.08. The SMILES string of the molecule is CC(C)N(CCCO)C(=O)Cn1cccc1C(=O)O. The lowest BCUT2D eigenvalue weighted by atomic mass is 10.2. The molecule has 106 valence electrons. The van der Waals surface area contributed by atoms with Crippen LogP contribution in [0.1, 0.15) is 30.8 Å². The predicted octanol–water partition coefficient (Wildman–Crippen LogP) is 0.806. The Hall–Kier alpha value is -1.82. The van der Waals surface area contributed by atoms with Crippen LogP contribution < -0.4 is 0 Å². The van der Waals surface area contributed by atoms with Gasteiger partial charge in [-0.1, -0.05) is 0 Å². The second kappa shape index (κ2) is 6.94. The van der Waals surface area contributed by atoms with Crippen molar-refractivity contribution in [3.8, 4) is 0 Å². The van der Waals surface area contributed by atoms with E-state index in [1.165, 1.54) is 10.6 Å². The fourth-order valence-corrected chi connectivity index (χ4v) is 1.89. The van der Waals surface area contributed by atoms with Gasteiger partial charge in [0.05, 0.1) is 0 Å². The Morgan fingerprint density at radius 2 is 2.11 bits per heavy atom. The maximum Gasteiger partial charge on any atom is 0.352 e. The third-order valence-electron chi connectivity index (χ3n) is 2.86. The van der Waals surface area contributed by atoms with Gasteiger partial charge in [0.15, 0.2) is 0 Å². The van der Waals surface area contributed by atoms with Crippen LogP contribution in [0.3, 0.4) is 0 Å². The maximum atomic E-state index is 12.2. The fourth-order valence-electron chi connectivity index (χ4n) is 1.89. The van der Waals surface area contributed by atoms with Crippen LogP contribution in [0.4, 0.5) is 0 Å². The van der Waals surface area contributed by atoms with Crippen molar-refractivity contribution in [2.24, 2.45) is 0 Å². The first-order valence-electron chi connectivity index (χ1n) is 6.26. The van der Waals surface area contributed by atoms with Crippen LogP contribution in [0.2, 0.25) is 0 Å².